The van der Waals surface area contributed by atoms with Gasteiger partial charge < -0.3 is 20.7 Å². The highest BCUT2D eigenvalue weighted by atomic mass is 35.5. The molecule has 7 heteroatoms. The van der Waals surface area contributed by atoms with Crippen molar-refractivity contribution >= 4 is 23.6 Å². The van der Waals surface area contributed by atoms with Crippen LogP contribution in [0.3, 0.4) is 0 Å². The number of methoxy groups -OCH3 is 1. The van der Waals surface area contributed by atoms with Gasteiger partial charge >= 0.3 is 6.09 Å². The van der Waals surface area contributed by atoms with Crippen molar-refractivity contribution in [3.63, 3.8) is 0 Å². The molecule has 1 aromatic rings. The molecule has 0 bridgehead atoms. The van der Waals surface area contributed by atoms with Crippen LogP contribution in [0.5, 0.6) is 0 Å². The second-order valence-corrected chi connectivity index (χ2v) is 7.39. The number of benzene rings is 1. The molecule has 2 amide bonds. The number of piperidine rings is 1. The van der Waals surface area contributed by atoms with E-state index < -0.39 is 11.6 Å². The van der Waals surface area contributed by atoms with Crippen LogP contribution in [0.1, 0.15) is 44.6 Å². The van der Waals surface area contributed by atoms with Crippen LogP contribution in [0.15, 0.2) is 24.3 Å². The molecule has 1 aromatic carbocycles. The summed E-state index contributed by atoms with van der Waals surface area (Å²) in [4.78, 5) is 23.8. The van der Waals surface area contributed by atoms with Gasteiger partial charge in [-0.25, -0.2) is 4.79 Å². The van der Waals surface area contributed by atoms with Crippen molar-refractivity contribution in [1.82, 2.24) is 16.0 Å². The van der Waals surface area contributed by atoms with Gasteiger partial charge in [0.05, 0.1) is 12.6 Å². The zero-order valence-corrected chi connectivity index (χ0v) is 16.9. The molecule has 27 heavy (non-hydrogen) atoms. The molecule has 2 rings (SSSR count). The molecule has 2 atom stereocenters. The van der Waals surface area contributed by atoms with Crippen LogP contribution in [0.25, 0.3) is 0 Å². The molecule has 150 valence electrons. The van der Waals surface area contributed by atoms with Gasteiger partial charge in [-0.05, 0) is 55.8 Å². The SMILES string of the molecule is CCC(=O)NC(CCCNC(=O)OC)(c1cccc(Cl)c1)C1CCCNC1. The average molecular weight is 396 g/mol. The van der Waals surface area contributed by atoms with E-state index in [1.807, 2.05) is 31.2 Å². The number of carbonyl (C=O) groups is 2. The Labute approximate surface area is 166 Å². The van der Waals surface area contributed by atoms with Crippen molar-refractivity contribution in [2.75, 3.05) is 26.7 Å². The standard InChI is InChI=1S/C20H30ClN3O3/c1-3-18(25)24-20(16-8-5-11-22-14-16,10-6-12-23-19(26)27-2)15-7-4-9-17(21)13-15/h4,7,9,13,16,22H,3,5-6,8,10-12,14H2,1-2H3,(H,23,26)(H,24,25). The number of rotatable bonds is 8. The van der Waals surface area contributed by atoms with Gasteiger partial charge in [0.15, 0.2) is 0 Å². The zero-order valence-electron chi connectivity index (χ0n) is 16.1. The topological polar surface area (TPSA) is 79.5 Å². The Kier molecular flexibility index (Phi) is 8.38. The maximum atomic E-state index is 12.5. The van der Waals surface area contributed by atoms with Crippen molar-refractivity contribution in [3.05, 3.63) is 34.9 Å². The third kappa shape index (κ3) is 5.84. The normalized spacial score (nSPS) is 19.0. The minimum absolute atomic E-state index is 0.0153. The summed E-state index contributed by atoms with van der Waals surface area (Å²) in [7, 11) is 1.35. The second-order valence-electron chi connectivity index (χ2n) is 6.95. The second kappa shape index (κ2) is 10.5. The number of hydrogen-bond acceptors (Lipinski definition) is 4. The predicted octanol–water partition coefficient (Wildman–Crippen LogP) is 3.20. The first kappa shape index (κ1) is 21.5. The van der Waals surface area contributed by atoms with E-state index in [2.05, 4.69) is 20.7 Å². The van der Waals surface area contributed by atoms with E-state index in [-0.39, 0.29) is 11.8 Å². The van der Waals surface area contributed by atoms with Crippen LogP contribution in [0.4, 0.5) is 4.79 Å². The summed E-state index contributed by atoms with van der Waals surface area (Å²) in [5.41, 5.74) is 0.493. The molecule has 2 unspecified atom stereocenters. The highest BCUT2D eigenvalue weighted by Crippen LogP contribution is 2.39. The lowest BCUT2D eigenvalue weighted by molar-refractivity contribution is -0.124. The molecular formula is C20H30ClN3O3. The van der Waals surface area contributed by atoms with Crippen molar-refractivity contribution < 1.29 is 14.3 Å². The summed E-state index contributed by atoms with van der Waals surface area (Å²) in [6, 6.07) is 7.74. The number of carbonyl (C=O) groups excluding carboxylic acids is 2. The highest BCUT2D eigenvalue weighted by Gasteiger charge is 2.41. The molecule has 0 spiro atoms. The van der Waals surface area contributed by atoms with Gasteiger partial charge in [-0.3, -0.25) is 4.79 Å². The number of amides is 2. The van der Waals surface area contributed by atoms with Crippen molar-refractivity contribution in [2.45, 2.75) is 44.6 Å². The number of halogens is 1. The van der Waals surface area contributed by atoms with E-state index in [1.54, 1.807) is 0 Å². The first-order chi connectivity index (χ1) is 13.0. The Morgan fingerprint density at radius 2 is 2.22 bits per heavy atom. The molecule has 1 saturated heterocycles. The Bertz CT molecular complexity index is 635. The summed E-state index contributed by atoms with van der Waals surface area (Å²) in [6.07, 6.45) is 3.48. The summed E-state index contributed by atoms with van der Waals surface area (Å²) < 4.78 is 4.63. The predicted molar refractivity (Wildman–Crippen MR) is 107 cm³/mol. The maximum absolute atomic E-state index is 12.5. The number of hydrogen-bond donors (Lipinski definition) is 3. The van der Waals surface area contributed by atoms with Gasteiger partial charge in [-0.1, -0.05) is 30.7 Å². The van der Waals surface area contributed by atoms with Crippen molar-refractivity contribution in [1.29, 1.82) is 0 Å². The van der Waals surface area contributed by atoms with Crippen LogP contribution >= 0.6 is 11.6 Å². The van der Waals surface area contributed by atoms with E-state index in [0.29, 0.717) is 30.8 Å². The van der Waals surface area contributed by atoms with E-state index in [1.165, 1.54) is 7.11 Å². The number of ether oxygens (including phenoxy) is 1. The fraction of sp³-hybridized carbons (Fsp3) is 0.600. The van der Waals surface area contributed by atoms with Crippen LogP contribution in [-0.4, -0.2) is 38.7 Å². The quantitative estimate of drug-likeness (QED) is 0.590. The lowest BCUT2D eigenvalue weighted by atomic mass is 9.71. The van der Waals surface area contributed by atoms with Crippen molar-refractivity contribution in [3.8, 4) is 0 Å². The molecule has 0 aliphatic carbocycles. The first-order valence-corrected chi connectivity index (χ1v) is 9.99. The van der Waals surface area contributed by atoms with E-state index in [0.717, 1.165) is 31.5 Å². The van der Waals surface area contributed by atoms with Gasteiger partial charge in [0.1, 0.15) is 0 Å². The van der Waals surface area contributed by atoms with E-state index in [9.17, 15) is 9.59 Å². The van der Waals surface area contributed by atoms with Gasteiger partial charge in [-0.2, -0.15) is 0 Å². The summed E-state index contributed by atoms with van der Waals surface area (Å²) in [5.74, 6) is 0.264. The molecular weight excluding hydrogens is 366 g/mol. The lowest BCUT2D eigenvalue weighted by Gasteiger charge is -2.44. The molecule has 0 saturated carbocycles. The molecule has 0 radical (unpaired) electrons. The monoisotopic (exact) mass is 395 g/mol. The van der Waals surface area contributed by atoms with Gasteiger partial charge in [-0.15, -0.1) is 0 Å². The smallest absolute Gasteiger partial charge is 0.406 e. The third-order valence-corrected chi connectivity index (χ3v) is 5.45. The lowest BCUT2D eigenvalue weighted by Crippen LogP contribution is -2.55. The minimum atomic E-state index is -0.525. The number of nitrogens with one attached hydrogen (secondary N) is 3. The Morgan fingerprint density at radius 1 is 1.41 bits per heavy atom. The van der Waals surface area contributed by atoms with Gasteiger partial charge in [0, 0.05) is 24.5 Å². The molecule has 1 aliphatic rings. The molecule has 0 aromatic heterocycles. The summed E-state index contributed by atoms with van der Waals surface area (Å²) in [6.45, 7) is 4.17. The van der Waals surface area contributed by atoms with Gasteiger partial charge in [0.2, 0.25) is 5.91 Å². The Hall–Kier alpha value is -1.79. The third-order valence-electron chi connectivity index (χ3n) is 5.22. The van der Waals surface area contributed by atoms with E-state index >= 15 is 0 Å². The first-order valence-electron chi connectivity index (χ1n) is 9.61. The van der Waals surface area contributed by atoms with Crippen LogP contribution in [0, 0.1) is 5.92 Å². The van der Waals surface area contributed by atoms with Crippen LogP contribution < -0.4 is 16.0 Å². The Morgan fingerprint density at radius 3 is 2.85 bits per heavy atom. The largest absolute Gasteiger partial charge is 0.453 e. The van der Waals surface area contributed by atoms with Crippen LogP contribution in [0.2, 0.25) is 5.02 Å². The highest BCUT2D eigenvalue weighted by molar-refractivity contribution is 6.30. The number of alkyl carbamates (subject to hydrolysis) is 1. The summed E-state index contributed by atoms with van der Waals surface area (Å²) >= 11 is 6.28. The zero-order chi connectivity index (χ0) is 19.7. The van der Waals surface area contributed by atoms with Gasteiger partial charge in [0.25, 0.3) is 0 Å². The molecule has 1 heterocycles. The van der Waals surface area contributed by atoms with Crippen molar-refractivity contribution in [2.24, 2.45) is 5.92 Å². The van der Waals surface area contributed by atoms with Crippen LogP contribution in [-0.2, 0) is 15.1 Å². The molecule has 1 fully saturated rings. The molecule has 1 aliphatic heterocycles. The average Bonchev–Trinajstić information content (AvgIpc) is 2.70. The summed E-state index contributed by atoms with van der Waals surface area (Å²) in [5, 5.41) is 10.1. The fourth-order valence-electron chi connectivity index (χ4n) is 3.83. The molecule has 3 N–H and O–H groups in total. The fourth-order valence-corrected chi connectivity index (χ4v) is 4.02. The Balaban J connectivity index is 2.31. The molecule has 6 nitrogen and oxygen atoms in total. The van der Waals surface area contributed by atoms with E-state index in [4.69, 9.17) is 11.6 Å². The minimum Gasteiger partial charge on any atom is -0.453 e. The maximum Gasteiger partial charge on any atom is 0.406 e.